The lowest BCUT2D eigenvalue weighted by molar-refractivity contribution is -0.138. The molecule has 0 saturated carbocycles. The average Bonchev–Trinajstić information content (AvgIpc) is 2.90. The maximum Gasteiger partial charge on any atom is 0.322 e. The van der Waals surface area contributed by atoms with E-state index in [0.29, 0.717) is 0 Å². The van der Waals surface area contributed by atoms with Crippen LogP contribution >= 0.6 is 15.9 Å². The molecule has 1 aromatic rings. The van der Waals surface area contributed by atoms with Gasteiger partial charge >= 0.3 is 5.97 Å². The minimum Gasteiger partial charge on any atom is -0.480 e. The van der Waals surface area contributed by atoms with Gasteiger partial charge in [-0.15, -0.1) is 0 Å². The van der Waals surface area contributed by atoms with E-state index in [-0.39, 0.29) is 12.5 Å². The first-order valence-corrected chi connectivity index (χ1v) is 7.36. The molecule has 2 N–H and O–H groups in total. The first-order chi connectivity index (χ1) is 9.58. The van der Waals surface area contributed by atoms with Crippen LogP contribution in [0.25, 0.3) is 0 Å². The van der Waals surface area contributed by atoms with Crippen molar-refractivity contribution in [3.63, 3.8) is 0 Å². The molecular formula is C14H17BrN2O3. The van der Waals surface area contributed by atoms with Gasteiger partial charge in [0.25, 0.3) is 0 Å². The monoisotopic (exact) mass is 340 g/mol. The van der Waals surface area contributed by atoms with E-state index in [2.05, 4.69) is 26.1 Å². The molecule has 1 aromatic carbocycles. The van der Waals surface area contributed by atoms with Crippen molar-refractivity contribution in [1.82, 2.24) is 10.2 Å². The van der Waals surface area contributed by atoms with Gasteiger partial charge in [0, 0.05) is 4.47 Å². The van der Waals surface area contributed by atoms with E-state index in [0.717, 1.165) is 36.0 Å². The zero-order chi connectivity index (χ0) is 14.5. The highest BCUT2D eigenvalue weighted by Gasteiger charge is 2.29. The molecule has 1 amide bonds. The van der Waals surface area contributed by atoms with Crippen LogP contribution in [0, 0.1) is 0 Å². The number of carboxylic acid groups (broad SMARTS) is 1. The summed E-state index contributed by atoms with van der Waals surface area (Å²) in [6.45, 7) is 1.37. The second kappa shape index (κ2) is 6.85. The molecule has 0 spiro atoms. The zero-order valence-electron chi connectivity index (χ0n) is 11.0. The van der Waals surface area contributed by atoms with Crippen molar-refractivity contribution in [1.29, 1.82) is 0 Å². The fourth-order valence-electron chi connectivity index (χ4n) is 2.46. The van der Waals surface area contributed by atoms with Crippen molar-refractivity contribution < 1.29 is 14.7 Å². The van der Waals surface area contributed by atoms with E-state index in [9.17, 15) is 9.59 Å². The molecule has 1 heterocycles. The van der Waals surface area contributed by atoms with E-state index in [1.165, 1.54) is 0 Å². The summed E-state index contributed by atoms with van der Waals surface area (Å²) in [4.78, 5) is 25.0. The highest BCUT2D eigenvalue weighted by Crippen LogP contribution is 2.27. The van der Waals surface area contributed by atoms with Crippen molar-refractivity contribution in [2.45, 2.75) is 18.9 Å². The summed E-state index contributed by atoms with van der Waals surface area (Å²) in [5.41, 5.74) is 0.879. The van der Waals surface area contributed by atoms with Crippen molar-refractivity contribution >= 4 is 27.8 Å². The SMILES string of the molecule is O=C(O)CNC(=O)[C@@H](c1cccc(Br)c1)N1CCCC1. The van der Waals surface area contributed by atoms with Gasteiger partial charge in [0.05, 0.1) is 0 Å². The normalized spacial score (nSPS) is 16.9. The lowest BCUT2D eigenvalue weighted by atomic mass is 10.0. The van der Waals surface area contributed by atoms with Crippen LogP contribution in [0.4, 0.5) is 0 Å². The molecule has 108 valence electrons. The number of carbonyl (C=O) groups excluding carboxylic acids is 1. The number of rotatable bonds is 5. The third-order valence-electron chi connectivity index (χ3n) is 3.33. The second-order valence-electron chi connectivity index (χ2n) is 4.81. The number of nitrogens with one attached hydrogen (secondary N) is 1. The van der Waals surface area contributed by atoms with Crippen LogP contribution in [0.5, 0.6) is 0 Å². The van der Waals surface area contributed by atoms with Crippen LogP contribution < -0.4 is 5.32 Å². The Morgan fingerprint density at radius 2 is 2.05 bits per heavy atom. The second-order valence-corrected chi connectivity index (χ2v) is 5.73. The van der Waals surface area contributed by atoms with Crippen LogP contribution in [0.15, 0.2) is 28.7 Å². The quantitative estimate of drug-likeness (QED) is 0.857. The number of carbonyl (C=O) groups is 2. The van der Waals surface area contributed by atoms with Crippen LogP contribution in [0.2, 0.25) is 0 Å². The molecule has 0 radical (unpaired) electrons. The summed E-state index contributed by atoms with van der Waals surface area (Å²) in [6.07, 6.45) is 2.13. The Bertz CT molecular complexity index is 501. The smallest absolute Gasteiger partial charge is 0.322 e. The number of carboxylic acids is 1. The molecule has 1 saturated heterocycles. The van der Waals surface area contributed by atoms with Crippen molar-refractivity contribution in [3.05, 3.63) is 34.3 Å². The summed E-state index contributed by atoms with van der Waals surface area (Å²) in [5.74, 6) is -1.29. The topological polar surface area (TPSA) is 69.6 Å². The van der Waals surface area contributed by atoms with Gasteiger partial charge < -0.3 is 10.4 Å². The Labute approximate surface area is 126 Å². The minimum atomic E-state index is -1.03. The largest absolute Gasteiger partial charge is 0.480 e. The molecule has 2 rings (SSSR count). The number of hydrogen-bond acceptors (Lipinski definition) is 3. The van der Waals surface area contributed by atoms with E-state index in [1.807, 2.05) is 24.3 Å². The highest BCUT2D eigenvalue weighted by atomic mass is 79.9. The molecule has 5 nitrogen and oxygen atoms in total. The van der Waals surface area contributed by atoms with Crippen LogP contribution in [0.3, 0.4) is 0 Å². The zero-order valence-corrected chi connectivity index (χ0v) is 12.6. The number of amides is 1. The molecule has 0 unspecified atom stereocenters. The first kappa shape index (κ1) is 15.0. The summed E-state index contributed by atoms with van der Waals surface area (Å²) < 4.78 is 0.908. The Kier molecular flexibility index (Phi) is 5.14. The van der Waals surface area contributed by atoms with Gasteiger partial charge in [0.15, 0.2) is 0 Å². The predicted octanol–water partition coefficient (Wildman–Crippen LogP) is 1.79. The van der Waals surface area contributed by atoms with E-state index >= 15 is 0 Å². The van der Waals surface area contributed by atoms with Gasteiger partial charge in [-0.2, -0.15) is 0 Å². The van der Waals surface area contributed by atoms with E-state index in [4.69, 9.17) is 5.11 Å². The first-order valence-electron chi connectivity index (χ1n) is 6.57. The average molecular weight is 341 g/mol. The third kappa shape index (κ3) is 3.80. The summed E-state index contributed by atoms with van der Waals surface area (Å²) in [7, 11) is 0. The Morgan fingerprint density at radius 3 is 2.65 bits per heavy atom. The van der Waals surface area contributed by atoms with Gasteiger partial charge in [0.2, 0.25) is 5.91 Å². The van der Waals surface area contributed by atoms with Gasteiger partial charge in [-0.05, 0) is 43.6 Å². The molecule has 0 aromatic heterocycles. The highest BCUT2D eigenvalue weighted by molar-refractivity contribution is 9.10. The van der Waals surface area contributed by atoms with Crippen molar-refractivity contribution in [2.75, 3.05) is 19.6 Å². The number of aliphatic carboxylic acids is 1. The molecule has 1 aliphatic rings. The maximum atomic E-state index is 12.3. The molecule has 0 aliphatic carbocycles. The summed E-state index contributed by atoms with van der Waals surface area (Å²) in [5, 5.41) is 11.2. The minimum absolute atomic E-state index is 0.257. The Balaban J connectivity index is 2.20. The number of likely N-dealkylation sites (tertiary alicyclic amines) is 1. The number of halogens is 1. The standard InChI is InChI=1S/C14H17BrN2O3/c15-11-5-3-4-10(8-11)13(17-6-1-2-7-17)14(20)16-9-12(18)19/h3-5,8,13H,1-2,6-7,9H2,(H,16,20)(H,18,19)/t13-/m1/s1. The van der Waals surface area contributed by atoms with Gasteiger partial charge in [0.1, 0.15) is 12.6 Å². The Morgan fingerprint density at radius 1 is 1.35 bits per heavy atom. The molecule has 0 bridgehead atoms. The van der Waals surface area contributed by atoms with Gasteiger partial charge in [-0.3, -0.25) is 14.5 Å². The van der Waals surface area contributed by atoms with Crippen LogP contribution in [-0.2, 0) is 9.59 Å². The molecule has 1 atom stereocenters. The van der Waals surface area contributed by atoms with E-state index < -0.39 is 12.0 Å². The maximum absolute atomic E-state index is 12.3. The fraction of sp³-hybridized carbons (Fsp3) is 0.429. The van der Waals surface area contributed by atoms with E-state index in [1.54, 1.807) is 0 Å². The number of benzene rings is 1. The molecule has 6 heteroatoms. The summed E-state index contributed by atoms with van der Waals surface area (Å²) >= 11 is 3.41. The van der Waals surface area contributed by atoms with Crippen LogP contribution in [0.1, 0.15) is 24.4 Å². The van der Waals surface area contributed by atoms with Gasteiger partial charge in [-0.25, -0.2) is 0 Å². The number of hydrogen-bond donors (Lipinski definition) is 2. The molecule has 20 heavy (non-hydrogen) atoms. The van der Waals surface area contributed by atoms with Crippen molar-refractivity contribution in [3.8, 4) is 0 Å². The Hall–Kier alpha value is -1.40. The molecule has 1 fully saturated rings. The lowest BCUT2D eigenvalue weighted by Crippen LogP contribution is -2.41. The van der Waals surface area contributed by atoms with Crippen LogP contribution in [-0.4, -0.2) is 41.5 Å². The lowest BCUT2D eigenvalue weighted by Gasteiger charge is -2.26. The van der Waals surface area contributed by atoms with Gasteiger partial charge in [-0.1, -0.05) is 28.1 Å². The third-order valence-corrected chi connectivity index (χ3v) is 3.83. The predicted molar refractivity (Wildman–Crippen MR) is 78.3 cm³/mol. The molecule has 1 aliphatic heterocycles. The van der Waals surface area contributed by atoms with Crippen molar-refractivity contribution in [2.24, 2.45) is 0 Å². The molecular weight excluding hydrogens is 324 g/mol. The fourth-order valence-corrected chi connectivity index (χ4v) is 2.88. The summed E-state index contributed by atoms with van der Waals surface area (Å²) in [6, 6.07) is 7.17. The number of nitrogens with zero attached hydrogens (tertiary/aromatic N) is 1.